The van der Waals surface area contributed by atoms with Crippen LogP contribution in [0.2, 0.25) is 0 Å². The number of rotatable bonds is 5. The van der Waals surface area contributed by atoms with Gasteiger partial charge in [0.05, 0.1) is 35.1 Å². The van der Waals surface area contributed by atoms with Crippen molar-refractivity contribution in [2.75, 3.05) is 40.0 Å². The van der Waals surface area contributed by atoms with Gasteiger partial charge in [0.2, 0.25) is 0 Å². The highest BCUT2D eigenvalue weighted by molar-refractivity contribution is 5.99. The zero-order valence-corrected chi connectivity index (χ0v) is 27.6. The van der Waals surface area contributed by atoms with E-state index in [0.29, 0.717) is 6.67 Å². The van der Waals surface area contributed by atoms with Gasteiger partial charge in [-0.15, -0.1) is 0 Å². The van der Waals surface area contributed by atoms with Gasteiger partial charge in [0.25, 0.3) is 0 Å². The molecule has 0 N–H and O–H groups in total. The average Bonchev–Trinajstić information content (AvgIpc) is 3.66. The van der Waals surface area contributed by atoms with Crippen LogP contribution in [0.1, 0.15) is 26.3 Å². The average molecular weight is 613 g/mol. The molecule has 0 radical (unpaired) electrons. The van der Waals surface area contributed by atoms with Crippen molar-refractivity contribution >= 4 is 39.8 Å². The number of anilines is 7. The fraction of sp³-hybridized carbons (Fsp3) is 0.163. The Bertz CT molecular complexity index is 2080. The fourth-order valence-electron chi connectivity index (χ4n) is 7.13. The summed E-state index contributed by atoms with van der Waals surface area (Å²) in [6.45, 7) is 8.39. The first kappa shape index (κ1) is 29.0. The topological polar surface area (TPSA) is 13.0 Å². The van der Waals surface area contributed by atoms with E-state index >= 15 is 0 Å². The molecule has 2 heterocycles. The van der Waals surface area contributed by atoms with Crippen LogP contribution in [0.3, 0.4) is 0 Å². The summed E-state index contributed by atoms with van der Waals surface area (Å²) in [6, 6.07) is 53.2. The van der Waals surface area contributed by atoms with Gasteiger partial charge in [0.1, 0.15) is 6.67 Å². The van der Waals surface area contributed by atoms with Crippen molar-refractivity contribution in [2.45, 2.75) is 26.2 Å². The third kappa shape index (κ3) is 5.11. The van der Waals surface area contributed by atoms with Crippen LogP contribution in [0.15, 0.2) is 146 Å². The third-order valence-electron chi connectivity index (χ3n) is 9.57. The van der Waals surface area contributed by atoms with E-state index < -0.39 is 0 Å². The molecule has 0 atom stereocenters. The Morgan fingerprint density at radius 1 is 0.447 bits per heavy atom. The SMILES string of the molecule is CN1CN(c2cccc(N3CN(c4c(-c5ccccc5)cccc4-c4cccc(C(C)(C)C)c4)c4ccccc43)c2)c2ccccc21. The van der Waals surface area contributed by atoms with Crippen molar-refractivity contribution in [2.24, 2.45) is 0 Å². The number of fused-ring (bicyclic) bond motifs is 2. The van der Waals surface area contributed by atoms with Crippen LogP contribution < -0.4 is 19.6 Å². The van der Waals surface area contributed by atoms with Gasteiger partial charge in [-0.25, -0.2) is 0 Å². The molecule has 0 spiro atoms. The van der Waals surface area contributed by atoms with Crippen LogP contribution >= 0.6 is 0 Å². The minimum atomic E-state index is 0.0555. The van der Waals surface area contributed by atoms with Crippen LogP contribution in [0.5, 0.6) is 0 Å². The summed E-state index contributed by atoms with van der Waals surface area (Å²) in [7, 11) is 2.16. The van der Waals surface area contributed by atoms with E-state index in [1.807, 2.05) is 0 Å². The molecule has 0 fully saturated rings. The molecule has 0 amide bonds. The molecule has 0 saturated carbocycles. The van der Waals surface area contributed by atoms with Crippen molar-refractivity contribution in [3.8, 4) is 22.3 Å². The first-order valence-electron chi connectivity index (χ1n) is 16.5. The number of hydrogen-bond acceptors (Lipinski definition) is 4. The van der Waals surface area contributed by atoms with E-state index in [4.69, 9.17) is 0 Å². The summed E-state index contributed by atoms with van der Waals surface area (Å²) in [6.07, 6.45) is 0. The van der Waals surface area contributed by atoms with Gasteiger partial charge in [-0.05, 0) is 64.6 Å². The Hall–Kier alpha value is -5.48. The quantitative estimate of drug-likeness (QED) is 0.192. The van der Waals surface area contributed by atoms with Crippen molar-refractivity contribution < 1.29 is 0 Å². The van der Waals surface area contributed by atoms with Crippen molar-refractivity contribution in [3.05, 3.63) is 151 Å². The lowest BCUT2D eigenvalue weighted by atomic mass is 9.85. The molecule has 4 heteroatoms. The van der Waals surface area contributed by atoms with Crippen molar-refractivity contribution in [3.63, 3.8) is 0 Å². The van der Waals surface area contributed by atoms with Gasteiger partial charge in [0.15, 0.2) is 0 Å². The summed E-state index contributed by atoms with van der Waals surface area (Å²) >= 11 is 0. The molecule has 0 saturated heterocycles. The minimum Gasteiger partial charge on any atom is -0.355 e. The number of hydrogen-bond donors (Lipinski definition) is 0. The number of nitrogens with zero attached hydrogens (tertiary/aromatic N) is 4. The summed E-state index contributed by atoms with van der Waals surface area (Å²) in [5, 5.41) is 0. The maximum atomic E-state index is 2.52. The second-order valence-electron chi connectivity index (χ2n) is 13.7. The Labute approximate surface area is 278 Å². The molecule has 47 heavy (non-hydrogen) atoms. The van der Waals surface area contributed by atoms with Crippen LogP contribution in [-0.4, -0.2) is 20.4 Å². The predicted octanol–water partition coefficient (Wildman–Crippen LogP) is 11.1. The number of benzene rings is 6. The summed E-state index contributed by atoms with van der Waals surface area (Å²) < 4.78 is 0. The van der Waals surface area contributed by atoms with Crippen LogP contribution in [-0.2, 0) is 5.41 Å². The van der Waals surface area contributed by atoms with Gasteiger partial charge >= 0.3 is 0 Å². The normalized spacial score (nSPS) is 14.0. The second kappa shape index (κ2) is 11.4. The molecular formula is C43H40N4. The standard InChI is InChI=1S/C43H40N4/c1-43(2,3)33-18-12-17-32(27-33)37-22-14-21-36(31-15-6-5-7-16-31)42(37)47-30-46(40-25-10-11-26-41(40)47)35-20-13-19-34(28-35)45-29-44(4)38-23-8-9-24-39(38)45/h5-28H,29-30H2,1-4H3. The lowest BCUT2D eigenvalue weighted by Crippen LogP contribution is -2.26. The zero-order chi connectivity index (χ0) is 32.1. The second-order valence-corrected chi connectivity index (χ2v) is 13.7. The molecule has 232 valence electrons. The Balaban J connectivity index is 1.26. The lowest BCUT2D eigenvalue weighted by molar-refractivity contribution is 0.590. The highest BCUT2D eigenvalue weighted by Crippen LogP contribution is 2.51. The summed E-state index contributed by atoms with van der Waals surface area (Å²) in [4.78, 5) is 9.69. The molecule has 8 rings (SSSR count). The monoisotopic (exact) mass is 612 g/mol. The molecule has 6 aromatic rings. The molecule has 0 bridgehead atoms. The molecular weight excluding hydrogens is 573 g/mol. The zero-order valence-electron chi connectivity index (χ0n) is 27.6. The van der Waals surface area contributed by atoms with Crippen LogP contribution in [0.4, 0.5) is 39.8 Å². The highest BCUT2D eigenvalue weighted by atomic mass is 15.4. The Morgan fingerprint density at radius 3 is 1.64 bits per heavy atom. The van der Waals surface area contributed by atoms with Crippen LogP contribution in [0, 0.1) is 0 Å². The van der Waals surface area contributed by atoms with Gasteiger partial charge in [-0.3, -0.25) is 0 Å². The molecule has 0 aliphatic carbocycles. The largest absolute Gasteiger partial charge is 0.355 e. The van der Waals surface area contributed by atoms with Gasteiger partial charge in [-0.1, -0.05) is 124 Å². The van der Waals surface area contributed by atoms with Gasteiger partial charge < -0.3 is 19.6 Å². The van der Waals surface area contributed by atoms with Crippen molar-refractivity contribution in [1.82, 2.24) is 0 Å². The third-order valence-corrected chi connectivity index (χ3v) is 9.57. The molecule has 6 aromatic carbocycles. The van der Waals surface area contributed by atoms with E-state index in [9.17, 15) is 0 Å². The summed E-state index contributed by atoms with van der Waals surface area (Å²) in [5.41, 5.74) is 14.8. The van der Waals surface area contributed by atoms with E-state index in [1.165, 1.54) is 67.6 Å². The minimum absolute atomic E-state index is 0.0555. The van der Waals surface area contributed by atoms with E-state index in [2.05, 4.69) is 193 Å². The van der Waals surface area contributed by atoms with Gasteiger partial charge in [-0.2, -0.15) is 0 Å². The van der Waals surface area contributed by atoms with Crippen molar-refractivity contribution in [1.29, 1.82) is 0 Å². The fourth-order valence-corrected chi connectivity index (χ4v) is 7.13. The first-order valence-corrected chi connectivity index (χ1v) is 16.5. The Kier molecular flexibility index (Phi) is 7.02. The molecule has 2 aliphatic rings. The first-order chi connectivity index (χ1) is 22.9. The van der Waals surface area contributed by atoms with E-state index in [1.54, 1.807) is 0 Å². The van der Waals surface area contributed by atoms with Gasteiger partial charge in [0, 0.05) is 29.5 Å². The summed E-state index contributed by atoms with van der Waals surface area (Å²) in [5.74, 6) is 0. The molecule has 0 unspecified atom stereocenters. The maximum absolute atomic E-state index is 2.52. The van der Waals surface area contributed by atoms with E-state index in [0.717, 1.165) is 6.67 Å². The predicted molar refractivity (Wildman–Crippen MR) is 200 cm³/mol. The lowest BCUT2D eigenvalue weighted by Gasteiger charge is -2.28. The number of para-hydroxylation sites is 5. The Morgan fingerprint density at radius 2 is 0.957 bits per heavy atom. The molecule has 0 aromatic heterocycles. The highest BCUT2D eigenvalue weighted by Gasteiger charge is 2.32. The molecule has 2 aliphatic heterocycles. The molecule has 4 nitrogen and oxygen atoms in total. The smallest absolute Gasteiger partial charge is 0.100 e. The van der Waals surface area contributed by atoms with Crippen LogP contribution in [0.25, 0.3) is 22.3 Å². The maximum Gasteiger partial charge on any atom is 0.100 e. The van der Waals surface area contributed by atoms with E-state index in [-0.39, 0.29) is 5.41 Å².